The SMILES string of the molecule is CCNC(=NCC(C)(C)N1CCOCC1)NCC1(C2CC2)CCC1.I. The van der Waals surface area contributed by atoms with Crippen LogP contribution in [0.5, 0.6) is 0 Å². The molecule has 2 aliphatic carbocycles. The summed E-state index contributed by atoms with van der Waals surface area (Å²) >= 11 is 0. The van der Waals surface area contributed by atoms with E-state index in [0.29, 0.717) is 5.41 Å². The topological polar surface area (TPSA) is 48.9 Å². The van der Waals surface area contributed by atoms with Crippen LogP contribution < -0.4 is 10.6 Å². The van der Waals surface area contributed by atoms with Crippen molar-refractivity contribution in [2.75, 3.05) is 45.9 Å². The van der Waals surface area contributed by atoms with E-state index in [-0.39, 0.29) is 29.5 Å². The van der Waals surface area contributed by atoms with E-state index in [2.05, 4.69) is 36.3 Å². The minimum Gasteiger partial charge on any atom is -0.379 e. The maximum absolute atomic E-state index is 5.48. The van der Waals surface area contributed by atoms with E-state index in [1.54, 1.807) is 0 Å². The molecule has 6 heteroatoms. The molecule has 0 unspecified atom stereocenters. The number of morpholine rings is 1. The smallest absolute Gasteiger partial charge is 0.191 e. The Bertz CT molecular complexity index is 441. The second-order valence-corrected chi connectivity index (χ2v) is 8.45. The highest BCUT2D eigenvalue weighted by molar-refractivity contribution is 14.0. The van der Waals surface area contributed by atoms with Crippen LogP contribution in [-0.4, -0.2) is 62.3 Å². The van der Waals surface area contributed by atoms with Crippen LogP contribution in [0.2, 0.25) is 0 Å². The van der Waals surface area contributed by atoms with Crippen molar-refractivity contribution < 1.29 is 4.74 Å². The van der Waals surface area contributed by atoms with Crippen molar-refractivity contribution in [3.8, 4) is 0 Å². The Hall–Kier alpha value is -0.0800. The minimum absolute atomic E-state index is 0. The molecule has 0 aromatic rings. The number of hydrogen-bond acceptors (Lipinski definition) is 3. The molecule has 3 rings (SSSR count). The summed E-state index contributed by atoms with van der Waals surface area (Å²) in [6.07, 6.45) is 7.11. The van der Waals surface area contributed by atoms with Gasteiger partial charge >= 0.3 is 0 Å². The molecule has 0 spiro atoms. The maximum atomic E-state index is 5.48. The van der Waals surface area contributed by atoms with Crippen molar-refractivity contribution in [2.24, 2.45) is 16.3 Å². The molecule has 0 aromatic carbocycles. The first-order valence-corrected chi connectivity index (χ1v) is 9.91. The zero-order valence-electron chi connectivity index (χ0n) is 16.3. The summed E-state index contributed by atoms with van der Waals surface area (Å²) in [5.74, 6) is 1.97. The van der Waals surface area contributed by atoms with E-state index in [9.17, 15) is 0 Å². The van der Waals surface area contributed by atoms with E-state index >= 15 is 0 Å². The second-order valence-electron chi connectivity index (χ2n) is 8.45. The zero-order chi connectivity index (χ0) is 17.0. The van der Waals surface area contributed by atoms with Gasteiger partial charge in [-0.05, 0) is 57.8 Å². The first kappa shape index (κ1) is 21.2. The molecule has 3 fully saturated rings. The van der Waals surface area contributed by atoms with E-state index in [4.69, 9.17) is 9.73 Å². The summed E-state index contributed by atoms with van der Waals surface area (Å²) in [6.45, 7) is 13.3. The lowest BCUT2D eigenvalue weighted by molar-refractivity contribution is -0.00685. The van der Waals surface area contributed by atoms with Crippen molar-refractivity contribution >= 4 is 29.9 Å². The van der Waals surface area contributed by atoms with Gasteiger partial charge in [0, 0.05) is 31.7 Å². The van der Waals surface area contributed by atoms with Crippen LogP contribution >= 0.6 is 24.0 Å². The van der Waals surface area contributed by atoms with E-state index < -0.39 is 0 Å². The highest BCUT2D eigenvalue weighted by Crippen LogP contribution is 2.56. The molecule has 2 saturated carbocycles. The van der Waals surface area contributed by atoms with Gasteiger partial charge in [0.25, 0.3) is 0 Å². The Morgan fingerprint density at radius 3 is 2.40 bits per heavy atom. The largest absolute Gasteiger partial charge is 0.379 e. The van der Waals surface area contributed by atoms with Crippen LogP contribution in [0, 0.1) is 11.3 Å². The second kappa shape index (κ2) is 9.22. The molecule has 1 saturated heterocycles. The van der Waals surface area contributed by atoms with Crippen molar-refractivity contribution in [3.05, 3.63) is 0 Å². The summed E-state index contributed by atoms with van der Waals surface area (Å²) in [4.78, 5) is 7.41. The van der Waals surface area contributed by atoms with Crippen LogP contribution in [0.25, 0.3) is 0 Å². The lowest BCUT2D eigenvalue weighted by atomic mass is 9.65. The Balaban J connectivity index is 0.00000225. The van der Waals surface area contributed by atoms with E-state index in [1.165, 1.54) is 32.1 Å². The number of ether oxygens (including phenoxy) is 1. The van der Waals surface area contributed by atoms with Crippen LogP contribution in [-0.2, 0) is 4.74 Å². The molecular weight excluding hydrogens is 427 g/mol. The van der Waals surface area contributed by atoms with Gasteiger partial charge in [0.15, 0.2) is 5.96 Å². The van der Waals surface area contributed by atoms with Crippen LogP contribution in [0.15, 0.2) is 4.99 Å². The van der Waals surface area contributed by atoms with Gasteiger partial charge in [-0.25, -0.2) is 0 Å². The first-order chi connectivity index (χ1) is 11.6. The third kappa shape index (κ3) is 5.45. The highest BCUT2D eigenvalue weighted by Gasteiger charge is 2.48. The summed E-state index contributed by atoms with van der Waals surface area (Å²) in [5.41, 5.74) is 0.659. The van der Waals surface area contributed by atoms with Crippen LogP contribution in [0.4, 0.5) is 0 Å². The van der Waals surface area contributed by atoms with Crippen molar-refractivity contribution in [1.29, 1.82) is 0 Å². The number of nitrogens with zero attached hydrogens (tertiary/aromatic N) is 2. The third-order valence-electron chi connectivity index (χ3n) is 6.24. The fraction of sp³-hybridized carbons (Fsp3) is 0.947. The van der Waals surface area contributed by atoms with Gasteiger partial charge in [0.05, 0.1) is 19.8 Å². The molecule has 0 radical (unpaired) electrons. The molecule has 25 heavy (non-hydrogen) atoms. The predicted octanol–water partition coefficient (Wildman–Crippen LogP) is 2.85. The number of aliphatic imine (C=N–C) groups is 1. The Morgan fingerprint density at radius 2 is 1.88 bits per heavy atom. The summed E-state index contributed by atoms with van der Waals surface area (Å²) in [7, 11) is 0. The summed E-state index contributed by atoms with van der Waals surface area (Å²) < 4.78 is 5.48. The number of nitrogens with one attached hydrogen (secondary N) is 2. The standard InChI is InChI=1S/C19H36N4O.HI/c1-4-20-17(22-15-19(8-5-9-19)16-6-7-16)21-14-18(2,3)23-10-12-24-13-11-23;/h16H,4-15H2,1-3H3,(H2,20,21,22);1H. The van der Waals surface area contributed by atoms with Crippen LogP contribution in [0.3, 0.4) is 0 Å². The van der Waals surface area contributed by atoms with Gasteiger partial charge in [-0.15, -0.1) is 24.0 Å². The van der Waals surface area contributed by atoms with Gasteiger partial charge in [-0.3, -0.25) is 9.89 Å². The lowest BCUT2D eigenvalue weighted by Gasteiger charge is -2.43. The van der Waals surface area contributed by atoms with Crippen LogP contribution in [0.1, 0.15) is 52.9 Å². The fourth-order valence-corrected chi connectivity index (χ4v) is 4.20. The normalized spacial score (nSPS) is 24.2. The maximum Gasteiger partial charge on any atom is 0.191 e. The van der Waals surface area contributed by atoms with Gasteiger partial charge in [-0.1, -0.05) is 6.42 Å². The van der Waals surface area contributed by atoms with E-state index in [0.717, 1.165) is 57.8 Å². The molecular formula is C19H37IN4O. The Morgan fingerprint density at radius 1 is 1.20 bits per heavy atom. The van der Waals surface area contributed by atoms with Crippen molar-refractivity contribution in [3.63, 3.8) is 0 Å². The average Bonchev–Trinajstić information content (AvgIpc) is 3.37. The lowest BCUT2D eigenvalue weighted by Crippen LogP contribution is -2.52. The van der Waals surface area contributed by atoms with Gasteiger partial charge < -0.3 is 15.4 Å². The van der Waals surface area contributed by atoms with E-state index in [1.807, 2.05) is 0 Å². The van der Waals surface area contributed by atoms with Crippen molar-refractivity contribution in [1.82, 2.24) is 15.5 Å². The molecule has 0 aromatic heterocycles. The number of halogens is 1. The third-order valence-corrected chi connectivity index (χ3v) is 6.24. The highest BCUT2D eigenvalue weighted by atomic mass is 127. The first-order valence-electron chi connectivity index (χ1n) is 9.91. The molecule has 2 N–H and O–H groups in total. The molecule has 3 aliphatic rings. The van der Waals surface area contributed by atoms with Gasteiger partial charge in [0.1, 0.15) is 0 Å². The molecule has 5 nitrogen and oxygen atoms in total. The average molecular weight is 464 g/mol. The molecule has 1 heterocycles. The zero-order valence-corrected chi connectivity index (χ0v) is 18.6. The van der Waals surface area contributed by atoms with Crippen molar-refractivity contribution in [2.45, 2.75) is 58.4 Å². The Kier molecular flexibility index (Phi) is 7.83. The minimum atomic E-state index is 0. The number of guanidine groups is 1. The molecule has 1 aliphatic heterocycles. The Labute approximate surface area is 170 Å². The quantitative estimate of drug-likeness (QED) is 0.346. The number of hydrogen-bond donors (Lipinski definition) is 2. The molecule has 146 valence electrons. The summed E-state index contributed by atoms with van der Waals surface area (Å²) in [6, 6.07) is 0. The predicted molar refractivity (Wildman–Crippen MR) is 115 cm³/mol. The monoisotopic (exact) mass is 464 g/mol. The van der Waals surface area contributed by atoms with Gasteiger partial charge in [0.2, 0.25) is 0 Å². The summed E-state index contributed by atoms with van der Waals surface area (Å²) in [5, 5.41) is 7.09. The number of rotatable bonds is 7. The molecule has 0 bridgehead atoms. The fourth-order valence-electron chi connectivity index (χ4n) is 4.20. The van der Waals surface area contributed by atoms with Gasteiger partial charge in [-0.2, -0.15) is 0 Å². The molecule has 0 atom stereocenters. The molecule has 0 amide bonds.